The molecule has 1 aromatic carbocycles. The van der Waals surface area contributed by atoms with Crippen LogP contribution in [-0.4, -0.2) is 31.1 Å². The Labute approximate surface area is 121 Å². The fourth-order valence-corrected chi connectivity index (χ4v) is 4.13. The van der Waals surface area contributed by atoms with E-state index in [1.807, 2.05) is 12.1 Å². The van der Waals surface area contributed by atoms with Gasteiger partial charge in [-0.25, -0.2) is 0 Å². The molecule has 0 aliphatic carbocycles. The predicted octanol–water partition coefficient (Wildman–Crippen LogP) is 2.07. The van der Waals surface area contributed by atoms with Crippen LogP contribution >= 0.6 is 0 Å². The molecule has 0 saturated carbocycles. The lowest BCUT2D eigenvalue weighted by molar-refractivity contribution is 0.112. The van der Waals surface area contributed by atoms with Gasteiger partial charge in [-0.3, -0.25) is 11.3 Å². The van der Waals surface area contributed by atoms with Crippen molar-refractivity contribution >= 4 is 0 Å². The molecule has 20 heavy (non-hydrogen) atoms. The molecule has 0 radical (unpaired) electrons. The number of hydrogen-bond acceptors (Lipinski definition) is 4. The lowest BCUT2D eigenvalue weighted by atomic mass is 9.82. The summed E-state index contributed by atoms with van der Waals surface area (Å²) in [4.78, 5) is 2.56. The molecule has 3 rings (SSSR count). The number of hydrogen-bond donors (Lipinski definition) is 2. The second-order valence-corrected chi connectivity index (χ2v) is 6.17. The summed E-state index contributed by atoms with van der Waals surface area (Å²) in [5.74, 6) is 7.41. The Balaban J connectivity index is 1.84. The zero-order chi connectivity index (χ0) is 14.1. The normalized spacial score (nSPS) is 31.2. The summed E-state index contributed by atoms with van der Waals surface area (Å²) in [5, 5.41) is 0. The molecule has 2 heterocycles. The molecule has 2 aliphatic rings. The van der Waals surface area contributed by atoms with Gasteiger partial charge in [0.2, 0.25) is 0 Å². The van der Waals surface area contributed by atoms with Crippen LogP contribution in [0.25, 0.3) is 0 Å². The molecular weight excluding hydrogens is 250 g/mol. The Morgan fingerprint density at radius 2 is 1.90 bits per heavy atom. The van der Waals surface area contributed by atoms with Gasteiger partial charge in [0.1, 0.15) is 5.75 Å². The van der Waals surface area contributed by atoms with Crippen molar-refractivity contribution in [1.29, 1.82) is 0 Å². The summed E-state index contributed by atoms with van der Waals surface area (Å²) >= 11 is 0. The number of nitrogens with two attached hydrogens (primary N) is 1. The predicted molar refractivity (Wildman–Crippen MR) is 80.4 cm³/mol. The van der Waals surface area contributed by atoms with Gasteiger partial charge in [-0.2, -0.15) is 0 Å². The van der Waals surface area contributed by atoms with Gasteiger partial charge in [-0.15, -0.1) is 0 Å². The summed E-state index contributed by atoms with van der Waals surface area (Å²) in [7, 11) is 4.00. The fraction of sp³-hybridized carbons (Fsp3) is 0.625. The summed E-state index contributed by atoms with van der Waals surface area (Å²) in [6, 6.07) is 9.85. The highest BCUT2D eigenvalue weighted by Gasteiger charge is 2.41. The number of nitrogens with one attached hydrogen (secondary N) is 1. The van der Waals surface area contributed by atoms with E-state index in [-0.39, 0.29) is 6.04 Å². The van der Waals surface area contributed by atoms with Crippen molar-refractivity contribution in [2.75, 3.05) is 14.2 Å². The molecular formula is C16H25N3O. The number of rotatable bonds is 4. The first-order valence-electron chi connectivity index (χ1n) is 7.55. The van der Waals surface area contributed by atoms with Crippen molar-refractivity contribution in [3.63, 3.8) is 0 Å². The Hall–Kier alpha value is -1.10. The first-order valence-corrected chi connectivity index (χ1v) is 7.55. The first-order chi connectivity index (χ1) is 9.74. The van der Waals surface area contributed by atoms with Crippen LogP contribution in [-0.2, 0) is 0 Å². The topological polar surface area (TPSA) is 50.5 Å². The second kappa shape index (κ2) is 5.72. The van der Waals surface area contributed by atoms with Gasteiger partial charge in [0.05, 0.1) is 13.2 Å². The lowest BCUT2D eigenvalue weighted by Crippen LogP contribution is -2.45. The third kappa shape index (κ3) is 2.32. The van der Waals surface area contributed by atoms with E-state index in [9.17, 15) is 0 Å². The van der Waals surface area contributed by atoms with E-state index in [0.29, 0.717) is 5.92 Å². The van der Waals surface area contributed by atoms with Crippen LogP contribution in [0.5, 0.6) is 5.75 Å². The van der Waals surface area contributed by atoms with Gasteiger partial charge in [-0.1, -0.05) is 18.2 Å². The van der Waals surface area contributed by atoms with E-state index >= 15 is 0 Å². The number of piperidine rings is 1. The molecule has 3 atom stereocenters. The fourth-order valence-electron chi connectivity index (χ4n) is 4.13. The average Bonchev–Trinajstić information content (AvgIpc) is 2.70. The van der Waals surface area contributed by atoms with E-state index in [1.165, 1.54) is 31.2 Å². The van der Waals surface area contributed by atoms with Crippen LogP contribution in [0, 0.1) is 5.92 Å². The molecule has 4 heteroatoms. The largest absolute Gasteiger partial charge is 0.496 e. The lowest BCUT2D eigenvalue weighted by Gasteiger charge is -2.40. The Morgan fingerprint density at radius 1 is 1.25 bits per heavy atom. The highest BCUT2D eigenvalue weighted by Crippen LogP contribution is 2.43. The number of hydrazine groups is 1. The SMILES string of the molecule is COc1ccccc1C(NN)C1CC2CCC(C1)N2C. The van der Waals surface area contributed by atoms with Gasteiger partial charge >= 0.3 is 0 Å². The zero-order valence-corrected chi connectivity index (χ0v) is 12.4. The zero-order valence-electron chi connectivity index (χ0n) is 12.4. The Kier molecular flexibility index (Phi) is 3.96. The molecule has 4 nitrogen and oxygen atoms in total. The number of fused-ring (bicyclic) bond motifs is 2. The molecule has 2 aliphatic heterocycles. The molecule has 2 bridgehead atoms. The minimum absolute atomic E-state index is 0.183. The van der Waals surface area contributed by atoms with E-state index in [4.69, 9.17) is 10.6 Å². The highest BCUT2D eigenvalue weighted by atomic mass is 16.5. The summed E-state index contributed by atoms with van der Waals surface area (Å²) < 4.78 is 5.50. The maximum absolute atomic E-state index is 5.89. The van der Waals surface area contributed by atoms with E-state index < -0.39 is 0 Å². The maximum Gasteiger partial charge on any atom is 0.123 e. The van der Waals surface area contributed by atoms with Crippen LogP contribution in [0.1, 0.15) is 37.3 Å². The molecule has 1 aromatic rings. The molecule has 0 aromatic heterocycles. The molecule has 3 unspecified atom stereocenters. The smallest absolute Gasteiger partial charge is 0.123 e. The van der Waals surface area contributed by atoms with E-state index in [0.717, 1.165) is 17.8 Å². The van der Waals surface area contributed by atoms with Crippen molar-refractivity contribution in [2.24, 2.45) is 11.8 Å². The van der Waals surface area contributed by atoms with Gasteiger partial charge in [0, 0.05) is 17.6 Å². The number of nitrogens with zero attached hydrogens (tertiary/aromatic N) is 1. The van der Waals surface area contributed by atoms with Crippen LogP contribution < -0.4 is 16.0 Å². The van der Waals surface area contributed by atoms with Crippen LogP contribution in [0.4, 0.5) is 0 Å². The number of para-hydroxylation sites is 1. The number of ether oxygens (including phenoxy) is 1. The minimum Gasteiger partial charge on any atom is -0.496 e. The second-order valence-electron chi connectivity index (χ2n) is 6.17. The average molecular weight is 275 g/mol. The third-order valence-corrected chi connectivity index (χ3v) is 5.26. The van der Waals surface area contributed by atoms with Crippen LogP contribution in [0.15, 0.2) is 24.3 Å². The van der Waals surface area contributed by atoms with Crippen LogP contribution in [0.3, 0.4) is 0 Å². The Morgan fingerprint density at radius 3 is 2.50 bits per heavy atom. The van der Waals surface area contributed by atoms with Crippen molar-refractivity contribution in [2.45, 2.75) is 43.8 Å². The van der Waals surface area contributed by atoms with Gasteiger partial charge in [0.25, 0.3) is 0 Å². The summed E-state index contributed by atoms with van der Waals surface area (Å²) in [5.41, 5.74) is 4.23. The molecule has 110 valence electrons. The number of benzene rings is 1. The minimum atomic E-state index is 0.183. The molecule has 3 N–H and O–H groups in total. The van der Waals surface area contributed by atoms with Crippen molar-refractivity contribution < 1.29 is 4.74 Å². The molecule has 0 spiro atoms. The quantitative estimate of drug-likeness (QED) is 0.652. The summed E-state index contributed by atoms with van der Waals surface area (Å²) in [6.45, 7) is 0. The Bertz CT molecular complexity index is 451. The third-order valence-electron chi connectivity index (χ3n) is 5.26. The van der Waals surface area contributed by atoms with E-state index in [2.05, 4.69) is 29.5 Å². The van der Waals surface area contributed by atoms with Gasteiger partial charge in [-0.05, 0) is 44.7 Å². The highest BCUT2D eigenvalue weighted by molar-refractivity contribution is 5.36. The maximum atomic E-state index is 5.89. The van der Waals surface area contributed by atoms with Crippen molar-refractivity contribution in [3.8, 4) is 5.75 Å². The molecule has 0 amide bonds. The molecule has 2 fully saturated rings. The number of methoxy groups -OCH3 is 1. The summed E-state index contributed by atoms with van der Waals surface area (Å²) in [6.07, 6.45) is 5.11. The van der Waals surface area contributed by atoms with Gasteiger partial charge < -0.3 is 9.64 Å². The molecule has 2 saturated heterocycles. The first kappa shape index (κ1) is 13.9. The monoisotopic (exact) mass is 275 g/mol. The standard InChI is InChI=1S/C16H25N3O/c1-19-12-7-8-13(19)10-11(9-12)16(18-17)14-5-3-4-6-15(14)20-2/h3-6,11-13,16,18H,7-10,17H2,1-2H3. The van der Waals surface area contributed by atoms with Crippen LogP contribution in [0.2, 0.25) is 0 Å². The van der Waals surface area contributed by atoms with Crippen molar-refractivity contribution in [3.05, 3.63) is 29.8 Å². The van der Waals surface area contributed by atoms with Crippen molar-refractivity contribution in [1.82, 2.24) is 10.3 Å². The van der Waals surface area contributed by atoms with Gasteiger partial charge in [0.15, 0.2) is 0 Å². The van der Waals surface area contributed by atoms with E-state index in [1.54, 1.807) is 7.11 Å².